The standard InChI is InChI=1S/C14H29N3/c1-6-15-14(16-8-11(2)3)17-9-12(4)7-13(5)10-17/h11-13H,6-10H2,1-5H3,(H,15,16). The summed E-state index contributed by atoms with van der Waals surface area (Å²) >= 11 is 0. The predicted octanol–water partition coefficient (Wildman–Crippen LogP) is 2.59. The van der Waals surface area contributed by atoms with Gasteiger partial charge >= 0.3 is 0 Å². The van der Waals surface area contributed by atoms with Gasteiger partial charge in [0.15, 0.2) is 5.96 Å². The number of guanidine groups is 1. The summed E-state index contributed by atoms with van der Waals surface area (Å²) in [5.74, 6) is 3.30. The summed E-state index contributed by atoms with van der Waals surface area (Å²) < 4.78 is 0. The van der Waals surface area contributed by atoms with E-state index >= 15 is 0 Å². The molecule has 3 heteroatoms. The van der Waals surface area contributed by atoms with Crippen LogP contribution >= 0.6 is 0 Å². The minimum Gasteiger partial charge on any atom is -0.357 e. The van der Waals surface area contributed by atoms with Crippen molar-refractivity contribution in [2.24, 2.45) is 22.7 Å². The third-order valence-electron chi connectivity index (χ3n) is 3.11. The van der Waals surface area contributed by atoms with Crippen molar-refractivity contribution in [1.29, 1.82) is 0 Å². The first kappa shape index (κ1) is 14.3. The Hall–Kier alpha value is -0.730. The van der Waals surface area contributed by atoms with Crippen LogP contribution in [0.5, 0.6) is 0 Å². The van der Waals surface area contributed by atoms with Gasteiger partial charge in [0.25, 0.3) is 0 Å². The zero-order valence-corrected chi connectivity index (χ0v) is 12.2. The van der Waals surface area contributed by atoms with E-state index in [1.54, 1.807) is 0 Å². The van der Waals surface area contributed by atoms with Crippen molar-refractivity contribution < 1.29 is 0 Å². The summed E-state index contributed by atoms with van der Waals surface area (Å²) in [6.45, 7) is 15.4. The second-order valence-electron chi connectivity index (χ2n) is 5.94. The third-order valence-corrected chi connectivity index (χ3v) is 3.11. The number of hydrogen-bond donors (Lipinski definition) is 1. The van der Waals surface area contributed by atoms with E-state index in [9.17, 15) is 0 Å². The quantitative estimate of drug-likeness (QED) is 0.605. The van der Waals surface area contributed by atoms with Gasteiger partial charge in [0, 0.05) is 26.2 Å². The number of likely N-dealkylation sites (tertiary alicyclic amines) is 1. The minimum atomic E-state index is 0.628. The van der Waals surface area contributed by atoms with E-state index in [1.165, 1.54) is 6.42 Å². The minimum absolute atomic E-state index is 0.628. The Morgan fingerprint density at radius 1 is 1.29 bits per heavy atom. The highest BCUT2D eigenvalue weighted by Gasteiger charge is 2.23. The Bertz CT molecular complexity index is 238. The van der Waals surface area contributed by atoms with Crippen LogP contribution < -0.4 is 5.32 Å². The maximum Gasteiger partial charge on any atom is 0.193 e. The summed E-state index contributed by atoms with van der Waals surface area (Å²) in [6.07, 6.45) is 1.35. The average Bonchev–Trinajstić information content (AvgIpc) is 2.22. The largest absolute Gasteiger partial charge is 0.357 e. The summed E-state index contributed by atoms with van der Waals surface area (Å²) in [4.78, 5) is 7.17. The van der Waals surface area contributed by atoms with Crippen LogP contribution in [0.2, 0.25) is 0 Å². The lowest BCUT2D eigenvalue weighted by atomic mass is 9.92. The molecule has 1 aliphatic heterocycles. The number of nitrogens with one attached hydrogen (secondary N) is 1. The highest BCUT2D eigenvalue weighted by Crippen LogP contribution is 2.20. The molecule has 0 aromatic carbocycles. The maximum absolute atomic E-state index is 4.74. The van der Waals surface area contributed by atoms with E-state index in [4.69, 9.17) is 4.99 Å². The summed E-state index contributed by atoms with van der Waals surface area (Å²) in [7, 11) is 0. The van der Waals surface area contributed by atoms with E-state index in [1.807, 2.05) is 0 Å². The first-order valence-electron chi connectivity index (χ1n) is 7.06. The molecule has 100 valence electrons. The number of nitrogens with zero attached hydrogens (tertiary/aromatic N) is 2. The van der Waals surface area contributed by atoms with Crippen LogP contribution in [0.3, 0.4) is 0 Å². The van der Waals surface area contributed by atoms with Gasteiger partial charge in [0.1, 0.15) is 0 Å². The fourth-order valence-electron chi connectivity index (χ4n) is 2.53. The molecule has 0 aromatic rings. The SMILES string of the molecule is CCNC(=NCC(C)C)N1CC(C)CC(C)C1. The molecule has 1 fully saturated rings. The molecule has 0 saturated carbocycles. The molecule has 17 heavy (non-hydrogen) atoms. The molecule has 1 aliphatic rings. The van der Waals surface area contributed by atoms with Crippen molar-refractivity contribution in [3.05, 3.63) is 0 Å². The Labute approximate surface area is 107 Å². The van der Waals surface area contributed by atoms with Gasteiger partial charge in [-0.2, -0.15) is 0 Å². The normalized spacial score (nSPS) is 26.5. The lowest BCUT2D eigenvalue weighted by Crippen LogP contribution is -2.48. The lowest BCUT2D eigenvalue weighted by Gasteiger charge is -2.37. The van der Waals surface area contributed by atoms with E-state index < -0.39 is 0 Å². The van der Waals surface area contributed by atoms with Gasteiger partial charge in [-0.25, -0.2) is 0 Å². The third kappa shape index (κ3) is 4.97. The van der Waals surface area contributed by atoms with Crippen LogP contribution in [-0.2, 0) is 0 Å². The number of aliphatic imine (C=N–C) groups is 1. The topological polar surface area (TPSA) is 27.6 Å². The Morgan fingerprint density at radius 3 is 2.35 bits per heavy atom. The molecule has 3 nitrogen and oxygen atoms in total. The first-order valence-corrected chi connectivity index (χ1v) is 7.06. The van der Waals surface area contributed by atoms with Gasteiger partial charge < -0.3 is 10.2 Å². The van der Waals surface area contributed by atoms with Crippen molar-refractivity contribution in [3.8, 4) is 0 Å². The van der Waals surface area contributed by atoms with E-state index in [0.717, 1.165) is 44.0 Å². The Morgan fingerprint density at radius 2 is 1.88 bits per heavy atom. The molecule has 0 radical (unpaired) electrons. The summed E-state index contributed by atoms with van der Waals surface area (Å²) in [6, 6.07) is 0. The van der Waals surface area contributed by atoms with Crippen molar-refractivity contribution >= 4 is 5.96 Å². The maximum atomic E-state index is 4.74. The van der Waals surface area contributed by atoms with E-state index in [-0.39, 0.29) is 0 Å². The fourth-order valence-corrected chi connectivity index (χ4v) is 2.53. The van der Waals surface area contributed by atoms with Crippen LogP contribution in [0, 0.1) is 17.8 Å². The van der Waals surface area contributed by atoms with Gasteiger partial charge in [0.05, 0.1) is 0 Å². The van der Waals surface area contributed by atoms with E-state index in [0.29, 0.717) is 5.92 Å². The van der Waals surface area contributed by atoms with Crippen LogP contribution in [0.1, 0.15) is 41.0 Å². The zero-order valence-electron chi connectivity index (χ0n) is 12.2. The van der Waals surface area contributed by atoms with Crippen molar-refractivity contribution in [1.82, 2.24) is 10.2 Å². The molecule has 0 spiro atoms. The molecule has 2 atom stereocenters. The Kier molecular flexibility index (Phi) is 5.79. The van der Waals surface area contributed by atoms with Crippen LogP contribution in [0.15, 0.2) is 4.99 Å². The molecule has 0 aromatic heterocycles. The number of piperidine rings is 1. The summed E-state index contributed by atoms with van der Waals surface area (Å²) in [5.41, 5.74) is 0. The molecule has 1 rings (SSSR count). The zero-order chi connectivity index (χ0) is 12.8. The number of hydrogen-bond acceptors (Lipinski definition) is 1. The van der Waals surface area contributed by atoms with Crippen LogP contribution in [0.4, 0.5) is 0 Å². The molecular formula is C14H29N3. The molecule has 1 heterocycles. The van der Waals surface area contributed by atoms with E-state index in [2.05, 4.69) is 44.8 Å². The predicted molar refractivity (Wildman–Crippen MR) is 75.3 cm³/mol. The molecular weight excluding hydrogens is 210 g/mol. The molecule has 0 aliphatic carbocycles. The highest BCUT2D eigenvalue weighted by atomic mass is 15.3. The number of rotatable bonds is 3. The molecule has 0 bridgehead atoms. The van der Waals surface area contributed by atoms with Gasteiger partial charge in [-0.05, 0) is 31.1 Å². The molecule has 0 amide bonds. The van der Waals surface area contributed by atoms with Crippen LogP contribution in [0.25, 0.3) is 0 Å². The Balaban J connectivity index is 2.65. The summed E-state index contributed by atoms with van der Waals surface area (Å²) in [5, 5.41) is 3.42. The fraction of sp³-hybridized carbons (Fsp3) is 0.929. The molecule has 1 saturated heterocycles. The van der Waals surface area contributed by atoms with Crippen molar-refractivity contribution in [2.45, 2.75) is 41.0 Å². The lowest BCUT2D eigenvalue weighted by molar-refractivity contribution is 0.208. The van der Waals surface area contributed by atoms with Gasteiger partial charge in [-0.15, -0.1) is 0 Å². The van der Waals surface area contributed by atoms with Crippen LogP contribution in [-0.4, -0.2) is 37.0 Å². The smallest absolute Gasteiger partial charge is 0.193 e. The second kappa shape index (κ2) is 6.87. The van der Waals surface area contributed by atoms with Gasteiger partial charge in [-0.1, -0.05) is 27.7 Å². The molecule has 2 unspecified atom stereocenters. The second-order valence-corrected chi connectivity index (χ2v) is 5.94. The van der Waals surface area contributed by atoms with Crippen molar-refractivity contribution in [3.63, 3.8) is 0 Å². The highest BCUT2D eigenvalue weighted by molar-refractivity contribution is 5.80. The van der Waals surface area contributed by atoms with Gasteiger partial charge in [0.2, 0.25) is 0 Å². The van der Waals surface area contributed by atoms with Crippen molar-refractivity contribution in [2.75, 3.05) is 26.2 Å². The first-order chi connectivity index (χ1) is 8.02. The monoisotopic (exact) mass is 239 g/mol. The molecule has 1 N–H and O–H groups in total. The average molecular weight is 239 g/mol. The van der Waals surface area contributed by atoms with Gasteiger partial charge in [-0.3, -0.25) is 4.99 Å².